The van der Waals surface area contributed by atoms with Gasteiger partial charge in [-0.15, -0.1) is 0 Å². The minimum Gasteiger partial charge on any atom is -0.373 e. The Morgan fingerprint density at radius 2 is 2.04 bits per heavy atom. The molecule has 2 fully saturated rings. The van der Waals surface area contributed by atoms with Crippen molar-refractivity contribution in [1.29, 1.82) is 0 Å². The molecular formula is C17H24ClN5O3. The average Bonchev–Trinajstić information content (AvgIpc) is 2.67. The van der Waals surface area contributed by atoms with Gasteiger partial charge in [0.2, 0.25) is 5.91 Å². The van der Waals surface area contributed by atoms with Gasteiger partial charge in [-0.25, -0.2) is 9.78 Å². The molecule has 2 aliphatic heterocycles. The van der Waals surface area contributed by atoms with Crippen LogP contribution in [0.25, 0.3) is 0 Å². The summed E-state index contributed by atoms with van der Waals surface area (Å²) >= 11 is 6.19. The molecule has 3 rings (SSSR count). The summed E-state index contributed by atoms with van der Waals surface area (Å²) in [6.45, 7) is 6.14. The number of nitrogens with one attached hydrogen (secondary N) is 1. The van der Waals surface area contributed by atoms with E-state index in [1.807, 2.05) is 6.07 Å². The van der Waals surface area contributed by atoms with Gasteiger partial charge in [-0.1, -0.05) is 11.6 Å². The highest BCUT2D eigenvalue weighted by atomic mass is 35.5. The molecule has 1 N–H and O–H groups in total. The van der Waals surface area contributed by atoms with Gasteiger partial charge in [-0.05, 0) is 12.1 Å². The van der Waals surface area contributed by atoms with Gasteiger partial charge in [0, 0.05) is 58.9 Å². The Balaban J connectivity index is 1.44. The third-order valence-electron chi connectivity index (χ3n) is 4.67. The Bertz CT molecular complexity index is 651. The quantitative estimate of drug-likeness (QED) is 0.838. The fraction of sp³-hybridized carbons (Fsp3) is 0.588. The van der Waals surface area contributed by atoms with Crippen LogP contribution in [0.2, 0.25) is 5.02 Å². The first-order valence-corrected chi connectivity index (χ1v) is 9.17. The second kappa shape index (κ2) is 8.55. The lowest BCUT2D eigenvalue weighted by atomic mass is 10.2. The summed E-state index contributed by atoms with van der Waals surface area (Å²) < 4.78 is 5.63. The third-order valence-corrected chi connectivity index (χ3v) is 4.97. The normalized spacial score (nSPS) is 20.8. The molecule has 1 atom stereocenters. The summed E-state index contributed by atoms with van der Waals surface area (Å²) in [7, 11) is 0. The molecule has 3 amide bonds. The summed E-state index contributed by atoms with van der Waals surface area (Å²) in [6.07, 6.45) is 1.56. The van der Waals surface area contributed by atoms with E-state index in [2.05, 4.69) is 15.2 Å². The van der Waals surface area contributed by atoms with Crippen molar-refractivity contribution in [3.05, 3.63) is 23.4 Å². The van der Waals surface area contributed by atoms with Crippen molar-refractivity contribution in [3.63, 3.8) is 0 Å². The number of rotatable bonds is 3. The molecular weight excluding hydrogens is 358 g/mol. The summed E-state index contributed by atoms with van der Waals surface area (Å²) in [4.78, 5) is 33.8. The SMILES string of the molecule is CC(=O)N1CCOC(CNC(=O)N2CCN(c3ncccc3Cl)CC2)C1. The lowest BCUT2D eigenvalue weighted by Crippen LogP contribution is -2.54. The van der Waals surface area contributed by atoms with Crippen molar-refractivity contribution in [2.75, 3.05) is 57.3 Å². The number of ether oxygens (including phenoxy) is 1. The van der Waals surface area contributed by atoms with Crippen molar-refractivity contribution in [3.8, 4) is 0 Å². The Morgan fingerprint density at radius 1 is 1.27 bits per heavy atom. The molecule has 3 heterocycles. The topological polar surface area (TPSA) is 78.0 Å². The van der Waals surface area contributed by atoms with Crippen molar-refractivity contribution in [2.24, 2.45) is 0 Å². The lowest BCUT2D eigenvalue weighted by Gasteiger charge is -2.36. The van der Waals surface area contributed by atoms with Gasteiger partial charge in [0.1, 0.15) is 5.82 Å². The minimum atomic E-state index is -0.162. The fourth-order valence-electron chi connectivity index (χ4n) is 3.17. The number of hydrogen-bond donors (Lipinski definition) is 1. The molecule has 9 heteroatoms. The number of nitrogens with zero attached hydrogens (tertiary/aromatic N) is 4. The number of amides is 3. The van der Waals surface area contributed by atoms with Crippen molar-refractivity contribution >= 4 is 29.4 Å². The first kappa shape index (κ1) is 18.7. The Morgan fingerprint density at radius 3 is 2.73 bits per heavy atom. The van der Waals surface area contributed by atoms with Gasteiger partial charge in [0.05, 0.1) is 17.7 Å². The monoisotopic (exact) mass is 381 g/mol. The van der Waals surface area contributed by atoms with Gasteiger partial charge in [-0.3, -0.25) is 4.79 Å². The van der Waals surface area contributed by atoms with E-state index < -0.39 is 0 Å². The molecule has 142 valence electrons. The summed E-state index contributed by atoms with van der Waals surface area (Å²) in [6, 6.07) is 3.51. The number of urea groups is 1. The van der Waals surface area contributed by atoms with E-state index in [-0.39, 0.29) is 18.0 Å². The number of morpholine rings is 1. The maximum Gasteiger partial charge on any atom is 0.317 e. The third kappa shape index (κ3) is 4.56. The molecule has 2 aliphatic rings. The van der Waals surface area contributed by atoms with Gasteiger partial charge in [-0.2, -0.15) is 0 Å². The van der Waals surface area contributed by atoms with Crippen LogP contribution in [-0.4, -0.2) is 85.2 Å². The minimum absolute atomic E-state index is 0.0360. The van der Waals surface area contributed by atoms with Gasteiger partial charge >= 0.3 is 6.03 Å². The summed E-state index contributed by atoms with van der Waals surface area (Å²) in [5.41, 5.74) is 0. The number of pyridine rings is 1. The first-order valence-electron chi connectivity index (χ1n) is 8.80. The van der Waals surface area contributed by atoms with Crippen LogP contribution in [0, 0.1) is 0 Å². The molecule has 1 unspecified atom stereocenters. The fourth-order valence-corrected chi connectivity index (χ4v) is 3.41. The van der Waals surface area contributed by atoms with Crippen LogP contribution in [0.3, 0.4) is 0 Å². The molecule has 2 saturated heterocycles. The van der Waals surface area contributed by atoms with E-state index in [1.54, 1.807) is 29.0 Å². The molecule has 0 spiro atoms. The second-order valence-corrected chi connectivity index (χ2v) is 6.83. The van der Waals surface area contributed by atoms with Gasteiger partial charge in [0.15, 0.2) is 0 Å². The first-order chi connectivity index (χ1) is 12.5. The van der Waals surface area contributed by atoms with Crippen LogP contribution in [0.4, 0.5) is 10.6 Å². The Hall–Kier alpha value is -2.06. The predicted octanol–water partition coefficient (Wildman–Crippen LogP) is 0.814. The van der Waals surface area contributed by atoms with Crippen LogP contribution >= 0.6 is 11.6 Å². The van der Waals surface area contributed by atoms with E-state index in [0.29, 0.717) is 57.4 Å². The molecule has 8 nitrogen and oxygen atoms in total. The smallest absolute Gasteiger partial charge is 0.317 e. The number of piperazine rings is 1. The van der Waals surface area contributed by atoms with Crippen LogP contribution in [0.1, 0.15) is 6.92 Å². The lowest BCUT2D eigenvalue weighted by molar-refractivity contribution is -0.136. The molecule has 0 aromatic carbocycles. The second-order valence-electron chi connectivity index (χ2n) is 6.43. The molecule has 0 bridgehead atoms. The molecule has 0 radical (unpaired) electrons. The van der Waals surface area contributed by atoms with Crippen molar-refractivity contribution < 1.29 is 14.3 Å². The van der Waals surface area contributed by atoms with Crippen LogP contribution in [-0.2, 0) is 9.53 Å². The van der Waals surface area contributed by atoms with Crippen LogP contribution in [0.5, 0.6) is 0 Å². The van der Waals surface area contributed by atoms with E-state index in [4.69, 9.17) is 16.3 Å². The van der Waals surface area contributed by atoms with Crippen molar-refractivity contribution in [1.82, 2.24) is 20.1 Å². The highest BCUT2D eigenvalue weighted by Crippen LogP contribution is 2.23. The zero-order valence-corrected chi connectivity index (χ0v) is 15.6. The number of anilines is 1. The average molecular weight is 382 g/mol. The van der Waals surface area contributed by atoms with E-state index in [9.17, 15) is 9.59 Å². The van der Waals surface area contributed by atoms with Gasteiger partial charge < -0.3 is 24.8 Å². The summed E-state index contributed by atoms with van der Waals surface area (Å²) in [5, 5.41) is 3.53. The number of halogens is 1. The van der Waals surface area contributed by atoms with E-state index in [0.717, 1.165) is 5.82 Å². The van der Waals surface area contributed by atoms with Crippen LogP contribution < -0.4 is 10.2 Å². The largest absolute Gasteiger partial charge is 0.373 e. The highest BCUT2D eigenvalue weighted by molar-refractivity contribution is 6.32. The van der Waals surface area contributed by atoms with Crippen LogP contribution in [0.15, 0.2) is 18.3 Å². The number of hydrogen-bond acceptors (Lipinski definition) is 5. The van der Waals surface area contributed by atoms with E-state index in [1.165, 1.54) is 0 Å². The number of carbonyl (C=O) groups is 2. The molecule has 0 saturated carbocycles. The molecule has 1 aromatic heterocycles. The number of carbonyl (C=O) groups excluding carboxylic acids is 2. The molecule has 26 heavy (non-hydrogen) atoms. The molecule has 1 aromatic rings. The zero-order valence-electron chi connectivity index (χ0n) is 14.9. The zero-order chi connectivity index (χ0) is 18.5. The van der Waals surface area contributed by atoms with E-state index >= 15 is 0 Å². The number of aromatic nitrogens is 1. The standard InChI is InChI=1S/C17H24ClN5O3/c1-13(24)23-9-10-26-14(12-23)11-20-17(25)22-7-5-21(6-8-22)16-15(18)3-2-4-19-16/h2-4,14H,5-12H2,1H3,(H,20,25). The summed E-state index contributed by atoms with van der Waals surface area (Å²) in [5.74, 6) is 0.795. The Labute approximate surface area is 158 Å². The van der Waals surface area contributed by atoms with Gasteiger partial charge in [0.25, 0.3) is 0 Å². The molecule has 0 aliphatic carbocycles. The highest BCUT2D eigenvalue weighted by Gasteiger charge is 2.25. The predicted molar refractivity (Wildman–Crippen MR) is 98.4 cm³/mol. The van der Waals surface area contributed by atoms with Crippen molar-refractivity contribution in [2.45, 2.75) is 13.0 Å². The Kier molecular flexibility index (Phi) is 6.16. The maximum absolute atomic E-state index is 12.4. The maximum atomic E-state index is 12.4.